The molecule has 11 heavy (non-hydrogen) atoms. The van der Waals surface area contributed by atoms with Gasteiger partial charge in [-0.05, 0) is 24.2 Å². The van der Waals surface area contributed by atoms with Gasteiger partial charge in [0.1, 0.15) is 0 Å². The average Bonchev–Trinajstić information content (AvgIpc) is 1.84. The molecule has 0 amide bonds. The lowest BCUT2D eigenvalue weighted by atomic mass is 9.84. The van der Waals surface area contributed by atoms with Crippen LogP contribution in [-0.2, 0) is 0 Å². The molecule has 0 radical (unpaired) electrons. The summed E-state index contributed by atoms with van der Waals surface area (Å²) < 4.78 is 0. The van der Waals surface area contributed by atoms with Gasteiger partial charge in [0.05, 0.1) is 0 Å². The van der Waals surface area contributed by atoms with Crippen molar-refractivity contribution in [3.8, 4) is 0 Å². The number of halogens is 1. The summed E-state index contributed by atoms with van der Waals surface area (Å²) in [7, 11) is 0. The molecule has 0 nitrogen and oxygen atoms in total. The molecule has 0 aliphatic heterocycles. The van der Waals surface area contributed by atoms with Gasteiger partial charge in [0.15, 0.2) is 0 Å². The summed E-state index contributed by atoms with van der Waals surface area (Å²) in [5.74, 6) is 0.757. The fourth-order valence-electron chi connectivity index (χ4n) is 1.30. The average molecular weight is 219 g/mol. The van der Waals surface area contributed by atoms with Crippen LogP contribution in [0.5, 0.6) is 0 Å². The van der Waals surface area contributed by atoms with Crippen LogP contribution in [0.25, 0.3) is 0 Å². The first-order chi connectivity index (χ1) is 4.99. The Bertz CT molecular complexity index is 111. The van der Waals surface area contributed by atoms with Crippen molar-refractivity contribution in [3.05, 3.63) is 12.7 Å². The second-order valence-electron chi connectivity index (χ2n) is 4.31. The van der Waals surface area contributed by atoms with Crippen molar-refractivity contribution < 1.29 is 0 Å². The first-order valence-corrected chi connectivity index (χ1v) is 5.28. The van der Waals surface area contributed by atoms with E-state index in [1.165, 1.54) is 6.42 Å². The fourth-order valence-corrected chi connectivity index (χ4v) is 1.80. The van der Waals surface area contributed by atoms with E-state index in [4.69, 9.17) is 0 Å². The zero-order valence-corrected chi connectivity index (χ0v) is 9.45. The smallest absolute Gasteiger partial charge is 0.00628 e. The number of hydrogen-bond donors (Lipinski definition) is 0. The standard InChI is InChI=1S/C10H19Br/c1-5-6-9(8-11)7-10(2,3)4/h5,9H,1,6-8H2,2-4H3. The van der Waals surface area contributed by atoms with Crippen LogP contribution >= 0.6 is 15.9 Å². The number of allylic oxidation sites excluding steroid dienone is 1. The van der Waals surface area contributed by atoms with Crippen LogP contribution in [0.4, 0.5) is 0 Å². The Labute approximate surface area is 79.2 Å². The highest BCUT2D eigenvalue weighted by Crippen LogP contribution is 2.27. The highest BCUT2D eigenvalue weighted by Gasteiger charge is 2.16. The summed E-state index contributed by atoms with van der Waals surface area (Å²) in [6.07, 6.45) is 4.41. The Hall–Kier alpha value is 0.220. The van der Waals surface area contributed by atoms with E-state index in [-0.39, 0.29) is 0 Å². The van der Waals surface area contributed by atoms with Crippen LogP contribution in [0.1, 0.15) is 33.6 Å². The molecule has 1 atom stereocenters. The first kappa shape index (κ1) is 11.2. The summed E-state index contributed by atoms with van der Waals surface area (Å²) in [6, 6.07) is 0. The Morgan fingerprint density at radius 2 is 2.00 bits per heavy atom. The van der Waals surface area contributed by atoms with E-state index >= 15 is 0 Å². The molecule has 66 valence electrons. The molecule has 0 aromatic carbocycles. The summed E-state index contributed by atoms with van der Waals surface area (Å²) in [5.41, 5.74) is 0.446. The molecule has 0 N–H and O–H groups in total. The largest absolute Gasteiger partial charge is 0.103 e. The molecule has 0 saturated heterocycles. The molecule has 0 heterocycles. The van der Waals surface area contributed by atoms with Crippen molar-refractivity contribution in [1.82, 2.24) is 0 Å². The van der Waals surface area contributed by atoms with Gasteiger partial charge in [-0.2, -0.15) is 0 Å². The lowest BCUT2D eigenvalue weighted by Crippen LogP contribution is -2.13. The topological polar surface area (TPSA) is 0 Å². The van der Waals surface area contributed by atoms with Crippen LogP contribution in [0, 0.1) is 11.3 Å². The molecule has 1 unspecified atom stereocenters. The summed E-state index contributed by atoms with van der Waals surface area (Å²) in [6.45, 7) is 10.6. The predicted molar refractivity (Wildman–Crippen MR) is 56.2 cm³/mol. The summed E-state index contributed by atoms with van der Waals surface area (Å²) >= 11 is 3.52. The first-order valence-electron chi connectivity index (χ1n) is 4.16. The molecule has 1 heteroatoms. The molecular weight excluding hydrogens is 200 g/mol. The zero-order valence-electron chi connectivity index (χ0n) is 7.86. The van der Waals surface area contributed by atoms with Crippen LogP contribution in [0.15, 0.2) is 12.7 Å². The van der Waals surface area contributed by atoms with Gasteiger partial charge in [-0.25, -0.2) is 0 Å². The molecular formula is C10H19Br. The third-order valence-electron chi connectivity index (χ3n) is 1.62. The molecule has 0 saturated carbocycles. The Morgan fingerprint density at radius 1 is 1.45 bits per heavy atom. The van der Waals surface area contributed by atoms with Crippen molar-refractivity contribution in [2.75, 3.05) is 5.33 Å². The molecule has 0 rings (SSSR count). The molecule has 0 aromatic rings. The maximum absolute atomic E-state index is 3.76. The lowest BCUT2D eigenvalue weighted by molar-refractivity contribution is 0.312. The van der Waals surface area contributed by atoms with Gasteiger partial charge in [-0.3, -0.25) is 0 Å². The van der Waals surface area contributed by atoms with Gasteiger partial charge < -0.3 is 0 Å². The van der Waals surface area contributed by atoms with E-state index in [0.717, 1.165) is 17.7 Å². The second kappa shape index (κ2) is 4.97. The van der Waals surface area contributed by atoms with Crippen LogP contribution in [0.3, 0.4) is 0 Å². The Kier molecular flexibility index (Phi) is 5.07. The quantitative estimate of drug-likeness (QED) is 0.495. The van der Waals surface area contributed by atoms with Gasteiger partial charge in [0, 0.05) is 5.33 Å². The van der Waals surface area contributed by atoms with Crippen molar-refractivity contribution in [2.24, 2.45) is 11.3 Å². The van der Waals surface area contributed by atoms with Gasteiger partial charge in [0.25, 0.3) is 0 Å². The van der Waals surface area contributed by atoms with E-state index in [1.54, 1.807) is 0 Å². The fraction of sp³-hybridized carbons (Fsp3) is 0.800. The molecule has 0 aromatic heterocycles. The van der Waals surface area contributed by atoms with Gasteiger partial charge in [-0.1, -0.05) is 42.8 Å². The normalized spacial score (nSPS) is 14.5. The van der Waals surface area contributed by atoms with Crippen LogP contribution in [-0.4, -0.2) is 5.33 Å². The minimum Gasteiger partial charge on any atom is -0.103 e. The highest BCUT2D eigenvalue weighted by atomic mass is 79.9. The minimum atomic E-state index is 0.446. The van der Waals surface area contributed by atoms with Crippen molar-refractivity contribution in [3.63, 3.8) is 0 Å². The van der Waals surface area contributed by atoms with Gasteiger partial charge in [0.2, 0.25) is 0 Å². The Balaban J connectivity index is 3.77. The van der Waals surface area contributed by atoms with E-state index < -0.39 is 0 Å². The second-order valence-corrected chi connectivity index (χ2v) is 4.96. The van der Waals surface area contributed by atoms with Gasteiger partial charge in [-0.15, -0.1) is 6.58 Å². The number of rotatable bonds is 4. The number of hydrogen-bond acceptors (Lipinski definition) is 0. The third-order valence-corrected chi connectivity index (χ3v) is 2.53. The predicted octanol–water partition coefficient (Wildman–Crippen LogP) is 4.01. The highest BCUT2D eigenvalue weighted by molar-refractivity contribution is 9.09. The lowest BCUT2D eigenvalue weighted by Gasteiger charge is -2.23. The maximum atomic E-state index is 3.76. The Morgan fingerprint density at radius 3 is 2.27 bits per heavy atom. The molecule has 0 aliphatic carbocycles. The van der Waals surface area contributed by atoms with Crippen molar-refractivity contribution in [2.45, 2.75) is 33.6 Å². The van der Waals surface area contributed by atoms with Crippen molar-refractivity contribution in [1.29, 1.82) is 0 Å². The maximum Gasteiger partial charge on any atom is 0.00628 e. The van der Waals surface area contributed by atoms with Gasteiger partial charge >= 0.3 is 0 Å². The van der Waals surface area contributed by atoms with E-state index in [2.05, 4.69) is 43.3 Å². The monoisotopic (exact) mass is 218 g/mol. The minimum absolute atomic E-state index is 0.446. The molecule has 0 spiro atoms. The summed E-state index contributed by atoms with van der Waals surface area (Å²) in [5, 5.41) is 1.09. The molecule has 0 aliphatic rings. The third kappa shape index (κ3) is 6.61. The van der Waals surface area contributed by atoms with Crippen LogP contribution in [0.2, 0.25) is 0 Å². The van der Waals surface area contributed by atoms with E-state index in [0.29, 0.717) is 5.41 Å². The van der Waals surface area contributed by atoms with E-state index in [9.17, 15) is 0 Å². The SMILES string of the molecule is C=CCC(CBr)CC(C)(C)C. The summed E-state index contributed by atoms with van der Waals surface area (Å²) in [4.78, 5) is 0. The molecule has 0 fully saturated rings. The molecule has 0 bridgehead atoms. The van der Waals surface area contributed by atoms with E-state index in [1.807, 2.05) is 6.08 Å². The van der Waals surface area contributed by atoms with Crippen LogP contribution < -0.4 is 0 Å². The zero-order chi connectivity index (χ0) is 8.91. The van der Waals surface area contributed by atoms with Crippen molar-refractivity contribution >= 4 is 15.9 Å². The number of alkyl halides is 1.